The molecule has 80 valence electrons. The molecule has 0 unspecified atom stereocenters. The summed E-state index contributed by atoms with van der Waals surface area (Å²) in [6, 6.07) is 10.8. The van der Waals surface area contributed by atoms with Gasteiger partial charge in [0.15, 0.2) is 10.4 Å². The van der Waals surface area contributed by atoms with Crippen molar-refractivity contribution >= 4 is 21.9 Å². The summed E-state index contributed by atoms with van der Waals surface area (Å²) >= 11 is 3.09. The van der Waals surface area contributed by atoms with E-state index in [-0.39, 0.29) is 10.4 Å². The summed E-state index contributed by atoms with van der Waals surface area (Å²) < 4.78 is 0.270. The molecule has 1 N–H and O–H groups in total. The molecule has 0 bridgehead atoms. The van der Waals surface area contributed by atoms with Gasteiger partial charge in [0.2, 0.25) is 0 Å². The molecule has 5 heteroatoms. The lowest BCUT2D eigenvalue weighted by molar-refractivity contribution is 0.0690. The first-order chi connectivity index (χ1) is 7.66. The topological polar surface area (TPSA) is 63.1 Å². The normalized spacial score (nSPS) is 10.1. The predicted molar refractivity (Wildman–Crippen MR) is 62.1 cm³/mol. The van der Waals surface area contributed by atoms with Gasteiger partial charge in [0.1, 0.15) is 0 Å². The van der Waals surface area contributed by atoms with Crippen molar-refractivity contribution < 1.29 is 9.90 Å². The Labute approximate surface area is 100 Å². The highest BCUT2D eigenvalue weighted by Crippen LogP contribution is 2.19. The third-order valence-corrected chi connectivity index (χ3v) is 2.34. The maximum Gasteiger partial charge on any atom is 0.354 e. The minimum absolute atomic E-state index is 0.0271. The molecule has 0 aliphatic rings. The van der Waals surface area contributed by atoms with Crippen LogP contribution in [0, 0.1) is 0 Å². The zero-order chi connectivity index (χ0) is 11.5. The highest BCUT2D eigenvalue weighted by molar-refractivity contribution is 9.10. The van der Waals surface area contributed by atoms with Gasteiger partial charge in [-0.1, -0.05) is 30.3 Å². The summed E-state index contributed by atoms with van der Waals surface area (Å²) in [5, 5.41) is 8.87. The Morgan fingerprint density at radius 2 is 1.88 bits per heavy atom. The fourth-order valence-corrected chi connectivity index (χ4v) is 1.67. The van der Waals surface area contributed by atoms with Crippen LogP contribution < -0.4 is 0 Å². The molecule has 0 fully saturated rings. The maximum absolute atomic E-state index is 10.8. The summed E-state index contributed by atoms with van der Waals surface area (Å²) in [7, 11) is 0. The van der Waals surface area contributed by atoms with Crippen LogP contribution in [0.15, 0.2) is 41.1 Å². The van der Waals surface area contributed by atoms with Gasteiger partial charge in [0.25, 0.3) is 0 Å². The number of halogens is 1. The molecule has 4 nitrogen and oxygen atoms in total. The second-order valence-electron chi connectivity index (χ2n) is 3.08. The number of nitrogens with zero attached hydrogens (tertiary/aromatic N) is 2. The van der Waals surface area contributed by atoms with E-state index >= 15 is 0 Å². The summed E-state index contributed by atoms with van der Waals surface area (Å²) in [5.41, 5.74) is 1.41. The van der Waals surface area contributed by atoms with Gasteiger partial charge in [-0.25, -0.2) is 14.8 Å². The van der Waals surface area contributed by atoms with Gasteiger partial charge in [0.05, 0.1) is 5.69 Å². The summed E-state index contributed by atoms with van der Waals surface area (Å²) in [6.45, 7) is 0. The molecule has 1 heterocycles. The number of benzene rings is 1. The van der Waals surface area contributed by atoms with Crippen LogP contribution in [0.25, 0.3) is 11.3 Å². The number of carbonyl (C=O) groups is 1. The Kier molecular flexibility index (Phi) is 2.96. The van der Waals surface area contributed by atoms with E-state index in [1.807, 2.05) is 30.3 Å². The third kappa shape index (κ3) is 2.25. The quantitative estimate of drug-likeness (QED) is 0.858. The molecular weight excluding hydrogens is 272 g/mol. The van der Waals surface area contributed by atoms with E-state index < -0.39 is 5.97 Å². The van der Waals surface area contributed by atoms with Crippen molar-refractivity contribution in [1.82, 2.24) is 9.97 Å². The van der Waals surface area contributed by atoms with Crippen molar-refractivity contribution in [3.05, 3.63) is 46.8 Å². The average molecular weight is 279 g/mol. The molecule has 0 atom stereocenters. The van der Waals surface area contributed by atoms with E-state index in [1.165, 1.54) is 6.07 Å². The van der Waals surface area contributed by atoms with Gasteiger partial charge in [-0.05, 0) is 22.0 Å². The van der Waals surface area contributed by atoms with Crippen molar-refractivity contribution in [2.75, 3.05) is 0 Å². The molecule has 1 aromatic carbocycles. The Bertz CT molecular complexity index is 529. The van der Waals surface area contributed by atoms with E-state index in [9.17, 15) is 4.79 Å². The van der Waals surface area contributed by atoms with Crippen LogP contribution in [0.4, 0.5) is 0 Å². The molecular formula is C11H7BrN2O2. The first-order valence-electron chi connectivity index (χ1n) is 4.50. The number of carboxylic acids is 1. The standard InChI is InChI=1S/C11H7BrN2O2/c12-11-13-8(6-9(14-11)10(15)16)7-4-2-1-3-5-7/h1-6H,(H,15,16). The van der Waals surface area contributed by atoms with Gasteiger partial charge in [-0.3, -0.25) is 0 Å². The lowest BCUT2D eigenvalue weighted by Gasteiger charge is -2.02. The summed E-state index contributed by atoms with van der Waals surface area (Å²) in [4.78, 5) is 18.7. The maximum atomic E-state index is 10.8. The molecule has 0 amide bonds. The lowest BCUT2D eigenvalue weighted by atomic mass is 10.1. The number of hydrogen-bond acceptors (Lipinski definition) is 3. The molecule has 0 spiro atoms. The average Bonchev–Trinajstić information content (AvgIpc) is 2.29. The van der Waals surface area contributed by atoms with Crippen LogP contribution in [-0.4, -0.2) is 21.0 Å². The first-order valence-corrected chi connectivity index (χ1v) is 5.29. The fraction of sp³-hybridized carbons (Fsp3) is 0. The third-order valence-electron chi connectivity index (χ3n) is 1.99. The zero-order valence-electron chi connectivity index (χ0n) is 8.09. The molecule has 2 rings (SSSR count). The molecule has 0 saturated heterocycles. The van der Waals surface area contributed by atoms with Crippen molar-refractivity contribution in [2.24, 2.45) is 0 Å². The monoisotopic (exact) mass is 278 g/mol. The minimum atomic E-state index is -1.07. The molecule has 1 aromatic heterocycles. The van der Waals surface area contributed by atoms with Gasteiger partial charge < -0.3 is 5.11 Å². The fourth-order valence-electron chi connectivity index (χ4n) is 1.28. The molecule has 0 aliphatic carbocycles. The van der Waals surface area contributed by atoms with E-state index in [4.69, 9.17) is 5.11 Å². The minimum Gasteiger partial charge on any atom is -0.477 e. The van der Waals surface area contributed by atoms with E-state index in [1.54, 1.807) is 0 Å². The number of carboxylic acid groups (broad SMARTS) is 1. The highest BCUT2D eigenvalue weighted by atomic mass is 79.9. The van der Waals surface area contributed by atoms with E-state index in [0.717, 1.165) is 5.56 Å². The first kappa shape index (κ1) is 10.8. The van der Waals surface area contributed by atoms with Crippen LogP contribution in [0.2, 0.25) is 0 Å². The number of hydrogen-bond donors (Lipinski definition) is 1. The van der Waals surface area contributed by atoms with Crippen molar-refractivity contribution in [1.29, 1.82) is 0 Å². The van der Waals surface area contributed by atoms with E-state index in [0.29, 0.717) is 5.69 Å². The predicted octanol–water partition coefficient (Wildman–Crippen LogP) is 2.60. The second-order valence-corrected chi connectivity index (χ2v) is 3.79. The van der Waals surface area contributed by atoms with Crippen LogP contribution in [0.1, 0.15) is 10.5 Å². The summed E-state index contributed by atoms with van der Waals surface area (Å²) in [6.07, 6.45) is 0. The van der Waals surface area contributed by atoms with Crippen molar-refractivity contribution in [3.63, 3.8) is 0 Å². The number of rotatable bonds is 2. The lowest BCUT2D eigenvalue weighted by Crippen LogP contribution is -2.02. The molecule has 2 aromatic rings. The number of aromatic nitrogens is 2. The Morgan fingerprint density at radius 3 is 2.50 bits per heavy atom. The SMILES string of the molecule is O=C(O)c1cc(-c2ccccc2)nc(Br)n1. The largest absolute Gasteiger partial charge is 0.477 e. The van der Waals surface area contributed by atoms with Gasteiger partial charge in [0, 0.05) is 5.56 Å². The molecule has 0 saturated carbocycles. The Morgan fingerprint density at radius 1 is 1.19 bits per heavy atom. The highest BCUT2D eigenvalue weighted by Gasteiger charge is 2.09. The summed E-state index contributed by atoms with van der Waals surface area (Å²) in [5.74, 6) is -1.07. The second kappa shape index (κ2) is 4.40. The zero-order valence-corrected chi connectivity index (χ0v) is 9.68. The molecule has 16 heavy (non-hydrogen) atoms. The van der Waals surface area contributed by atoms with Crippen LogP contribution in [0.3, 0.4) is 0 Å². The van der Waals surface area contributed by atoms with Gasteiger partial charge in [-0.15, -0.1) is 0 Å². The number of aromatic carboxylic acids is 1. The van der Waals surface area contributed by atoms with Gasteiger partial charge >= 0.3 is 5.97 Å². The van der Waals surface area contributed by atoms with Crippen molar-refractivity contribution in [2.45, 2.75) is 0 Å². The Balaban J connectivity index is 2.54. The Hall–Kier alpha value is -1.75. The van der Waals surface area contributed by atoms with Crippen LogP contribution in [0.5, 0.6) is 0 Å². The van der Waals surface area contributed by atoms with Crippen LogP contribution in [-0.2, 0) is 0 Å². The van der Waals surface area contributed by atoms with E-state index in [2.05, 4.69) is 25.9 Å². The smallest absolute Gasteiger partial charge is 0.354 e. The molecule has 0 aliphatic heterocycles. The molecule has 0 radical (unpaired) electrons. The van der Waals surface area contributed by atoms with Crippen molar-refractivity contribution in [3.8, 4) is 11.3 Å². The van der Waals surface area contributed by atoms with Crippen LogP contribution >= 0.6 is 15.9 Å². The van der Waals surface area contributed by atoms with Gasteiger partial charge in [-0.2, -0.15) is 0 Å².